The van der Waals surface area contributed by atoms with Gasteiger partial charge >= 0.3 is 0 Å². The molecule has 0 saturated carbocycles. The monoisotopic (exact) mass is 269 g/mol. The van der Waals surface area contributed by atoms with Gasteiger partial charge in [-0.25, -0.2) is 0 Å². The van der Waals surface area contributed by atoms with Gasteiger partial charge in [0, 0.05) is 14.6 Å². The molecule has 0 spiro atoms. The van der Waals surface area contributed by atoms with Crippen LogP contribution in [0.25, 0.3) is 0 Å². The Morgan fingerprint density at radius 1 is 1.57 bits per heavy atom. The predicted octanol–water partition coefficient (Wildman–Crippen LogP) is 4.21. The van der Waals surface area contributed by atoms with Gasteiger partial charge in [0.25, 0.3) is 0 Å². The molecule has 1 nitrogen and oxygen atoms in total. The molecule has 0 aliphatic carbocycles. The Bertz CT molecular complexity index is 357. The van der Waals surface area contributed by atoms with Crippen LogP contribution in [-0.4, -0.2) is 5.25 Å². The van der Waals surface area contributed by atoms with E-state index in [-0.39, 0.29) is 0 Å². The lowest BCUT2D eigenvalue weighted by Crippen LogP contribution is -1.93. The van der Waals surface area contributed by atoms with E-state index in [1.54, 1.807) is 11.8 Å². The topological polar surface area (TPSA) is 23.8 Å². The molecule has 0 saturated heterocycles. The molecule has 0 radical (unpaired) electrons. The minimum absolute atomic E-state index is 0.552. The van der Waals surface area contributed by atoms with Gasteiger partial charge in [-0.1, -0.05) is 19.9 Å². The third-order valence-electron chi connectivity index (χ3n) is 1.99. The van der Waals surface area contributed by atoms with Gasteiger partial charge in [0.1, 0.15) is 6.07 Å². The van der Waals surface area contributed by atoms with E-state index < -0.39 is 0 Å². The molecule has 0 aliphatic rings. The molecule has 0 aliphatic heterocycles. The van der Waals surface area contributed by atoms with Crippen LogP contribution in [0, 0.1) is 11.3 Å². The zero-order valence-corrected chi connectivity index (χ0v) is 10.7. The van der Waals surface area contributed by atoms with Crippen LogP contribution in [0.4, 0.5) is 0 Å². The highest BCUT2D eigenvalue weighted by molar-refractivity contribution is 9.10. The summed E-state index contributed by atoms with van der Waals surface area (Å²) < 4.78 is 0.883. The SMILES string of the molecule is CCC(C)Sc1cccc(Br)c1C#N. The highest BCUT2D eigenvalue weighted by atomic mass is 79.9. The van der Waals surface area contributed by atoms with Crippen molar-refractivity contribution in [2.24, 2.45) is 0 Å². The number of hydrogen-bond donors (Lipinski definition) is 0. The lowest BCUT2D eigenvalue weighted by molar-refractivity contribution is 0.905. The van der Waals surface area contributed by atoms with E-state index in [1.807, 2.05) is 18.2 Å². The first-order valence-electron chi connectivity index (χ1n) is 4.54. The third-order valence-corrected chi connectivity index (χ3v) is 3.98. The summed E-state index contributed by atoms with van der Waals surface area (Å²) in [5.41, 5.74) is 0.748. The second-order valence-corrected chi connectivity index (χ2v) is 5.40. The Kier molecular flexibility index (Phi) is 4.50. The van der Waals surface area contributed by atoms with Gasteiger partial charge in [0.15, 0.2) is 0 Å². The molecule has 14 heavy (non-hydrogen) atoms. The minimum Gasteiger partial charge on any atom is -0.192 e. The summed E-state index contributed by atoms with van der Waals surface area (Å²) in [6.07, 6.45) is 1.11. The van der Waals surface area contributed by atoms with Gasteiger partial charge < -0.3 is 0 Å². The summed E-state index contributed by atoms with van der Waals surface area (Å²) in [6.45, 7) is 4.33. The van der Waals surface area contributed by atoms with Gasteiger partial charge in [-0.05, 0) is 34.5 Å². The maximum atomic E-state index is 8.99. The van der Waals surface area contributed by atoms with Crippen LogP contribution in [-0.2, 0) is 0 Å². The van der Waals surface area contributed by atoms with E-state index in [2.05, 4.69) is 35.8 Å². The molecule has 0 amide bonds. The summed E-state index contributed by atoms with van der Waals surface area (Å²) >= 11 is 5.14. The fraction of sp³-hybridized carbons (Fsp3) is 0.364. The molecular weight excluding hydrogens is 258 g/mol. The van der Waals surface area contributed by atoms with Crippen LogP contribution in [0.15, 0.2) is 27.6 Å². The molecule has 0 bridgehead atoms. The van der Waals surface area contributed by atoms with E-state index in [9.17, 15) is 0 Å². The predicted molar refractivity (Wildman–Crippen MR) is 64.5 cm³/mol. The Balaban J connectivity index is 2.98. The second kappa shape index (κ2) is 5.43. The number of hydrogen-bond acceptors (Lipinski definition) is 2. The van der Waals surface area contributed by atoms with Crippen LogP contribution in [0.1, 0.15) is 25.8 Å². The zero-order valence-electron chi connectivity index (χ0n) is 8.25. The van der Waals surface area contributed by atoms with E-state index in [0.717, 1.165) is 21.4 Å². The molecule has 0 heterocycles. The number of halogens is 1. The van der Waals surface area contributed by atoms with Crippen LogP contribution in [0.3, 0.4) is 0 Å². The first-order chi connectivity index (χ1) is 6.69. The van der Waals surface area contributed by atoms with Crippen LogP contribution < -0.4 is 0 Å². The van der Waals surface area contributed by atoms with E-state index >= 15 is 0 Å². The van der Waals surface area contributed by atoms with Crippen molar-refractivity contribution in [2.75, 3.05) is 0 Å². The van der Waals surface area contributed by atoms with E-state index in [1.165, 1.54) is 0 Å². The number of thioether (sulfide) groups is 1. The van der Waals surface area contributed by atoms with Crippen molar-refractivity contribution in [2.45, 2.75) is 30.4 Å². The Labute approximate surface area is 97.6 Å². The maximum Gasteiger partial charge on any atom is 0.101 e. The van der Waals surface area contributed by atoms with E-state index in [0.29, 0.717) is 5.25 Å². The molecule has 0 aromatic heterocycles. The molecule has 1 aromatic rings. The smallest absolute Gasteiger partial charge is 0.101 e. The molecule has 74 valence electrons. The van der Waals surface area contributed by atoms with Crippen molar-refractivity contribution in [1.82, 2.24) is 0 Å². The summed E-state index contributed by atoms with van der Waals surface area (Å²) in [6, 6.07) is 8.10. The standard InChI is InChI=1S/C11H12BrNS/c1-3-8(2)14-11-6-4-5-10(12)9(11)7-13/h4-6,8H,3H2,1-2H3. The summed E-state index contributed by atoms with van der Waals surface area (Å²) in [5.74, 6) is 0. The first-order valence-corrected chi connectivity index (χ1v) is 6.21. The minimum atomic E-state index is 0.552. The van der Waals surface area contributed by atoms with Gasteiger partial charge in [0.2, 0.25) is 0 Å². The fourth-order valence-electron chi connectivity index (χ4n) is 1.01. The lowest BCUT2D eigenvalue weighted by atomic mass is 10.2. The van der Waals surface area contributed by atoms with Crippen LogP contribution in [0.2, 0.25) is 0 Å². The van der Waals surface area contributed by atoms with Crippen molar-refractivity contribution in [3.8, 4) is 6.07 Å². The quantitative estimate of drug-likeness (QED) is 0.768. The highest BCUT2D eigenvalue weighted by Crippen LogP contribution is 2.31. The Morgan fingerprint density at radius 2 is 2.29 bits per heavy atom. The highest BCUT2D eigenvalue weighted by Gasteiger charge is 2.09. The van der Waals surface area contributed by atoms with Crippen LogP contribution in [0.5, 0.6) is 0 Å². The Hall–Kier alpha value is -0.460. The van der Waals surface area contributed by atoms with Gasteiger partial charge in [0.05, 0.1) is 5.56 Å². The first kappa shape index (κ1) is 11.6. The van der Waals surface area contributed by atoms with Crippen molar-refractivity contribution >= 4 is 27.7 Å². The molecular formula is C11H12BrNS. The van der Waals surface area contributed by atoms with Gasteiger partial charge in [-0.2, -0.15) is 5.26 Å². The van der Waals surface area contributed by atoms with Crippen molar-refractivity contribution in [3.63, 3.8) is 0 Å². The molecule has 1 aromatic carbocycles. The average molecular weight is 270 g/mol. The number of benzene rings is 1. The molecule has 1 rings (SSSR count). The van der Waals surface area contributed by atoms with Crippen LogP contribution >= 0.6 is 27.7 Å². The summed E-state index contributed by atoms with van der Waals surface area (Å²) in [4.78, 5) is 1.07. The fourth-order valence-corrected chi connectivity index (χ4v) is 2.63. The second-order valence-electron chi connectivity index (χ2n) is 3.06. The van der Waals surface area contributed by atoms with Gasteiger partial charge in [-0.15, -0.1) is 11.8 Å². The molecule has 1 unspecified atom stereocenters. The summed E-state index contributed by atoms with van der Waals surface area (Å²) in [5, 5.41) is 9.54. The van der Waals surface area contributed by atoms with E-state index in [4.69, 9.17) is 5.26 Å². The molecule has 1 atom stereocenters. The maximum absolute atomic E-state index is 8.99. The average Bonchev–Trinajstić information content (AvgIpc) is 2.18. The van der Waals surface area contributed by atoms with Crippen molar-refractivity contribution in [3.05, 3.63) is 28.2 Å². The molecule has 0 N–H and O–H groups in total. The third kappa shape index (κ3) is 2.76. The number of nitriles is 1. The Morgan fingerprint density at radius 3 is 2.86 bits per heavy atom. The molecule has 3 heteroatoms. The van der Waals surface area contributed by atoms with Gasteiger partial charge in [-0.3, -0.25) is 0 Å². The normalized spacial score (nSPS) is 12.1. The summed E-state index contributed by atoms with van der Waals surface area (Å²) in [7, 11) is 0. The number of rotatable bonds is 3. The zero-order chi connectivity index (χ0) is 10.6. The lowest BCUT2D eigenvalue weighted by Gasteiger charge is -2.09. The molecule has 0 fully saturated rings. The van der Waals surface area contributed by atoms with Crippen molar-refractivity contribution in [1.29, 1.82) is 5.26 Å². The largest absolute Gasteiger partial charge is 0.192 e. The number of nitrogens with zero attached hydrogens (tertiary/aromatic N) is 1. The van der Waals surface area contributed by atoms with Crippen molar-refractivity contribution < 1.29 is 0 Å².